The summed E-state index contributed by atoms with van der Waals surface area (Å²) >= 11 is 0. The van der Waals surface area contributed by atoms with Crippen molar-refractivity contribution in [2.24, 2.45) is 0 Å². The molecule has 6 rings (SSSR count). The van der Waals surface area contributed by atoms with Crippen molar-refractivity contribution in [3.8, 4) is 5.69 Å². The molecule has 36 heavy (non-hydrogen) atoms. The number of alkyl halides is 2. The summed E-state index contributed by atoms with van der Waals surface area (Å²) in [5.74, 6) is -2.59. The van der Waals surface area contributed by atoms with E-state index in [1.165, 1.54) is 34.3 Å². The number of benzene rings is 1. The van der Waals surface area contributed by atoms with Gasteiger partial charge in [-0.1, -0.05) is 6.07 Å². The molecule has 2 aliphatic rings. The lowest BCUT2D eigenvalue weighted by Crippen LogP contribution is -2.49. The Kier molecular flexibility index (Phi) is 5.16. The summed E-state index contributed by atoms with van der Waals surface area (Å²) < 4.78 is 30.2. The summed E-state index contributed by atoms with van der Waals surface area (Å²) in [6.45, 7) is 3.94. The first-order chi connectivity index (χ1) is 17.3. The highest BCUT2D eigenvalue weighted by Gasteiger charge is 2.57. The number of anilines is 2. The molecule has 0 amide bonds. The number of fused-ring (bicyclic) bond motifs is 2. The molecule has 1 fully saturated rings. The van der Waals surface area contributed by atoms with Crippen molar-refractivity contribution >= 4 is 22.7 Å². The average Bonchev–Trinajstić information content (AvgIpc) is 3.13. The Morgan fingerprint density at radius 3 is 2.78 bits per heavy atom. The van der Waals surface area contributed by atoms with E-state index in [4.69, 9.17) is 0 Å². The van der Waals surface area contributed by atoms with Gasteiger partial charge in [-0.3, -0.25) is 9.78 Å². The van der Waals surface area contributed by atoms with Crippen LogP contribution in [0, 0.1) is 0 Å². The number of aliphatic hydroxyl groups is 1. The van der Waals surface area contributed by atoms with E-state index in [2.05, 4.69) is 37.7 Å². The van der Waals surface area contributed by atoms with Crippen molar-refractivity contribution in [3.05, 3.63) is 69.9 Å². The van der Waals surface area contributed by atoms with Crippen molar-refractivity contribution in [1.82, 2.24) is 29.6 Å². The van der Waals surface area contributed by atoms with E-state index in [0.29, 0.717) is 29.2 Å². The van der Waals surface area contributed by atoms with Crippen LogP contribution < -0.4 is 16.2 Å². The van der Waals surface area contributed by atoms with Gasteiger partial charge < -0.3 is 15.7 Å². The smallest absolute Gasteiger partial charge is 0.278 e. The fraction of sp³-hybridized carbons (Fsp3) is 0.360. The van der Waals surface area contributed by atoms with Crippen molar-refractivity contribution in [2.45, 2.75) is 50.8 Å². The zero-order chi connectivity index (χ0) is 25.1. The van der Waals surface area contributed by atoms with Crippen LogP contribution in [-0.4, -0.2) is 41.9 Å². The van der Waals surface area contributed by atoms with Crippen LogP contribution >= 0.6 is 0 Å². The molecule has 0 spiro atoms. The Hall–Kier alpha value is -3.70. The third-order valence-electron chi connectivity index (χ3n) is 6.89. The molecule has 4 aromatic rings. The molecule has 3 N–H and O–H groups in total. The number of rotatable bonds is 5. The number of nitrogens with zero attached hydrogens (tertiary/aromatic N) is 5. The van der Waals surface area contributed by atoms with Crippen LogP contribution in [0.15, 0.2) is 47.5 Å². The van der Waals surface area contributed by atoms with E-state index in [1.54, 1.807) is 10.7 Å². The molecule has 0 atom stereocenters. The SMILES string of the molecule is CCn1c(=O)c2cnc(Nc3ccc4c(c3)CCNC4)nc2n1-c1ccnc(C2(O)CC(F)(F)C2)c1. The average molecular weight is 494 g/mol. The molecule has 0 bridgehead atoms. The molecule has 1 saturated carbocycles. The molecular weight excluding hydrogens is 468 g/mol. The van der Waals surface area contributed by atoms with E-state index in [-0.39, 0.29) is 11.3 Å². The fourth-order valence-corrected chi connectivity index (χ4v) is 5.11. The Bertz CT molecular complexity index is 1540. The van der Waals surface area contributed by atoms with Crippen LogP contribution in [0.5, 0.6) is 0 Å². The standard InChI is InChI=1S/C25H25F2N7O2/c1-2-33-22(35)19-12-30-23(31-17-4-3-16-11-28-7-5-15(16)9-17)32-21(19)34(33)18-6-8-29-20(10-18)24(36)13-25(26,27)14-24/h3-4,6,8-10,12,28,36H,2,5,7,11,13-14H2,1H3,(H,30,31,32). The van der Waals surface area contributed by atoms with E-state index in [1.807, 2.05) is 13.0 Å². The molecule has 186 valence electrons. The minimum absolute atomic E-state index is 0.138. The summed E-state index contributed by atoms with van der Waals surface area (Å²) in [4.78, 5) is 26.2. The Morgan fingerprint density at radius 1 is 1.17 bits per heavy atom. The van der Waals surface area contributed by atoms with Crippen LogP contribution in [0.1, 0.15) is 36.6 Å². The van der Waals surface area contributed by atoms with Gasteiger partial charge in [-0.15, -0.1) is 0 Å². The molecule has 0 radical (unpaired) electrons. The zero-order valence-electron chi connectivity index (χ0n) is 19.6. The largest absolute Gasteiger partial charge is 0.383 e. The molecule has 9 nitrogen and oxygen atoms in total. The molecule has 1 aromatic carbocycles. The molecular formula is C25H25F2N7O2. The lowest BCUT2D eigenvalue weighted by atomic mass is 9.74. The van der Waals surface area contributed by atoms with E-state index in [9.17, 15) is 18.7 Å². The Labute approximate surface area is 204 Å². The Balaban J connectivity index is 1.41. The second kappa shape index (κ2) is 8.17. The quantitative estimate of drug-likeness (QED) is 0.392. The summed E-state index contributed by atoms with van der Waals surface area (Å²) in [5, 5.41) is 17.6. The lowest BCUT2D eigenvalue weighted by molar-refractivity contribution is -0.212. The number of hydrogen-bond donors (Lipinski definition) is 3. The van der Waals surface area contributed by atoms with E-state index >= 15 is 0 Å². The van der Waals surface area contributed by atoms with Gasteiger partial charge in [0.15, 0.2) is 5.65 Å². The van der Waals surface area contributed by atoms with Crippen molar-refractivity contribution < 1.29 is 13.9 Å². The molecule has 4 heterocycles. The maximum Gasteiger partial charge on any atom is 0.278 e. The van der Waals surface area contributed by atoms with Gasteiger partial charge >= 0.3 is 0 Å². The summed E-state index contributed by atoms with van der Waals surface area (Å²) in [7, 11) is 0. The number of aromatic nitrogens is 5. The predicted molar refractivity (Wildman–Crippen MR) is 130 cm³/mol. The fourth-order valence-electron chi connectivity index (χ4n) is 5.11. The van der Waals surface area contributed by atoms with Crippen LogP contribution in [0.25, 0.3) is 16.7 Å². The first-order valence-corrected chi connectivity index (χ1v) is 11.9. The molecule has 1 aliphatic heterocycles. The van der Waals surface area contributed by atoms with Crippen LogP contribution in [0.3, 0.4) is 0 Å². The van der Waals surface area contributed by atoms with Crippen molar-refractivity contribution in [1.29, 1.82) is 0 Å². The third-order valence-corrected chi connectivity index (χ3v) is 6.89. The van der Waals surface area contributed by atoms with Gasteiger partial charge in [0.2, 0.25) is 5.95 Å². The molecule has 1 aliphatic carbocycles. The minimum Gasteiger partial charge on any atom is -0.383 e. The monoisotopic (exact) mass is 493 g/mol. The maximum atomic E-state index is 13.5. The zero-order valence-corrected chi connectivity index (χ0v) is 19.6. The summed E-state index contributed by atoms with van der Waals surface area (Å²) in [5.41, 5.74) is 2.38. The van der Waals surface area contributed by atoms with Crippen molar-refractivity contribution in [2.75, 3.05) is 11.9 Å². The van der Waals surface area contributed by atoms with Gasteiger partial charge in [0.25, 0.3) is 11.5 Å². The number of nitrogens with one attached hydrogen (secondary N) is 2. The van der Waals surface area contributed by atoms with Gasteiger partial charge in [-0.25, -0.2) is 23.1 Å². The van der Waals surface area contributed by atoms with Gasteiger partial charge in [-0.2, -0.15) is 4.98 Å². The number of hydrogen-bond acceptors (Lipinski definition) is 7. The van der Waals surface area contributed by atoms with Crippen molar-refractivity contribution in [3.63, 3.8) is 0 Å². The van der Waals surface area contributed by atoms with E-state index in [0.717, 1.165) is 25.2 Å². The predicted octanol–water partition coefficient (Wildman–Crippen LogP) is 3.00. The summed E-state index contributed by atoms with van der Waals surface area (Å²) in [6, 6.07) is 9.31. The topological polar surface area (TPSA) is 110 Å². The normalized spacial score (nSPS) is 18.0. The molecule has 3 aromatic heterocycles. The van der Waals surface area contributed by atoms with Gasteiger partial charge in [0.05, 0.1) is 11.4 Å². The second-order valence-electron chi connectivity index (χ2n) is 9.44. The van der Waals surface area contributed by atoms with Gasteiger partial charge in [0.1, 0.15) is 11.0 Å². The molecule has 0 saturated heterocycles. The first kappa shape index (κ1) is 22.7. The first-order valence-electron chi connectivity index (χ1n) is 11.9. The van der Waals surface area contributed by atoms with Gasteiger partial charge in [-0.05, 0) is 55.3 Å². The second-order valence-corrected chi connectivity index (χ2v) is 9.44. The van der Waals surface area contributed by atoms with Gasteiger partial charge in [0, 0.05) is 44.0 Å². The number of halogens is 2. The highest BCUT2D eigenvalue weighted by Crippen LogP contribution is 2.51. The molecule has 0 unspecified atom stereocenters. The maximum absolute atomic E-state index is 13.5. The number of pyridine rings is 1. The van der Waals surface area contributed by atoms with Crippen LogP contribution in [0.4, 0.5) is 20.4 Å². The molecule has 11 heteroatoms. The van der Waals surface area contributed by atoms with Crippen LogP contribution in [-0.2, 0) is 25.1 Å². The lowest BCUT2D eigenvalue weighted by Gasteiger charge is -2.42. The third kappa shape index (κ3) is 3.75. The van der Waals surface area contributed by atoms with E-state index < -0.39 is 24.4 Å². The minimum atomic E-state index is -2.92. The summed E-state index contributed by atoms with van der Waals surface area (Å²) in [6.07, 6.45) is 2.50. The Morgan fingerprint density at radius 2 is 2.00 bits per heavy atom. The van der Waals surface area contributed by atoms with Crippen LogP contribution in [0.2, 0.25) is 0 Å². The highest BCUT2D eigenvalue weighted by atomic mass is 19.3. The highest BCUT2D eigenvalue weighted by molar-refractivity contribution is 5.77.